The maximum Gasteiger partial charge on any atom is 0.673 e. The van der Waals surface area contributed by atoms with E-state index >= 15 is 0 Å². The summed E-state index contributed by atoms with van der Waals surface area (Å²) in [4.78, 5) is 13.7. The molecule has 0 radical (unpaired) electrons. The predicted molar refractivity (Wildman–Crippen MR) is 82.7 cm³/mol. The van der Waals surface area contributed by atoms with E-state index in [1.807, 2.05) is 49.8 Å². The summed E-state index contributed by atoms with van der Waals surface area (Å²) in [7, 11) is -0.00630. The molecule has 0 aliphatic rings. The van der Waals surface area contributed by atoms with Gasteiger partial charge in [-0.25, -0.2) is 9.97 Å². The number of hydrogen-bond donors (Lipinski definition) is 2. The van der Waals surface area contributed by atoms with Gasteiger partial charge >= 0.3 is 7.25 Å². The number of fused-ring (bicyclic) bond motifs is 1. The molecule has 5 nitrogen and oxygen atoms in total. The van der Waals surface area contributed by atoms with Gasteiger partial charge < -0.3 is 32.5 Å². The zero-order chi connectivity index (χ0) is 17.5. The summed E-state index contributed by atoms with van der Waals surface area (Å²) in [6, 6.07) is 2.00. The Balaban J connectivity index is 0.000000463. The van der Waals surface area contributed by atoms with Crippen molar-refractivity contribution in [1.29, 1.82) is 0 Å². The maximum atomic E-state index is 9.75. The Hall–Kier alpha value is -2.36. The average Bonchev–Trinajstić information content (AvgIpc) is 2.89. The third-order valence-corrected chi connectivity index (χ3v) is 2.49. The second kappa shape index (κ2) is 8.32. The Morgan fingerprint density at radius 2 is 1.91 bits per heavy atom. The molecule has 0 fully saturated rings. The van der Waals surface area contributed by atoms with Crippen molar-refractivity contribution in [3.8, 4) is 0 Å². The summed E-state index contributed by atoms with van der Waals surface area (Å²) in [6.45, 7) is 0. The van der Waals surface area contributed by atoms with Crippen LogP contribution in [0.15, 0.2) is 37.1 Å². The molecule has 0 unspecified atom stereocenters. The zero-order valence-electron chi connectivity index (χ0n) is 13.0. The molecular formula is C13H18BF4N5. The van der Waals surface area contributed by atoms with Gasteiger partial charge in [0.25, 0.3) is 0 Å². The molecule has 0 bridgehead atoms. The molecule has 2 rings (SSSR count). The van der Waals surface area contributed by atoms with E-state index in [1.54, 1.807) is 6.33 Å². The van der Waals surface area contributed by atoms with Gasteiger partial charge in [0.05, 0.1) is 18.9 Å². The van der Waals surface area contributed by atoms with Gasteiger partial charge in [-0.2, -0.15) is 0 Å². The van der Waals surface area contributed by atoms with E-state index in [0.717, 1.165) is 22.3 Å². The van der Waals surface area contributed by atoms with Crippen molar-refractivity contribution in [3.05, 3.63) is 42.8 Å². The minimum atomic E-state index is -6.00. The first-order valence-corrected chi connectivity index (χ1v) is 6.72. The van der Waals surface area contributed by atoms with Gasteiger partial charge in [-0.05, 0) is 6.07 Å². The number of rotatable bonds is 4. The number of halogens is 4. The molecule has 3 N–H and O–H groups in total. The molecule has 0 amide bonds. The summed E-state index contributed by atoms with van der Waals surface area (Å²) < 4.78 is 39.0. The summed E-state index contributed by atoms with van der Waals surface area (Å²) in [5.41, 5.74) is 2.86. The quantitative estimate of drug-likeness (QED) is 0.511. The maximum absolute atomic E-state index is 9.75. The minimum Gasteiger partial charge on any atom is -0.418 e. The second-order valence-electron chi connectivity index (χ2n) is 4.70. The number of nitrogens with zero attached hydrogens (tertiary/aromatic N) is 3. The van der Waals surface area contributed by atoms with Crippen LogP contribution >= 0.6 is 0 Å². The Kier molecular flexibility index (Phi) is 6.76. The fourth-order valence-corrected chi connectivity index (χ4v) is 1.76. The third-order valence-electron chi connectivity index (χ3n) is 2.49. The van der Waals surface area contributed by atoms with E-state index in [-0.39, 0.29) is 0 Å². The average molecular weight is 331 g/mol. The molecule has 0 saturated heterocycles. The van der Waals surface area contributed by atoms with Gasteiger partial charge in [0.15, 0.2) is 0 Å². The molecule has 2 aromatic heterocycles. The Bertz CT molecular complexity index is 672. The van der Waals surface area contributed by atoms with E-state index in [0.29, 0.717) is 0 Å². The fourth-order valence-electron chi connectivity index (χ4n) is 1.76. The summed E-state index contributed by atoms with van der Waals surface area (Å²) in [6.07, 6.45) is 9.58. The zero-order valence-corrected chi connectivity index (χ0v) is 13.0. The monoisotopic (exact) mass is 331 g/mol. The van der Waals surface area contributed by atoms with Crippen LogP contribution in [-0.4, -0.2) is 48.2 Å². The lowest BCUT2D eigenvalue weighted by molar-refractivity contribution is -0.556. The number of allylic oxidation sites excluding steroid dienone is 2. The molecule has 23 heavy (non-hydrogen) atoms. The van der Waals surface area contributed by atoms with Gasteiger partial charge in [0, 0.05) is 43.5 Å². The number of aromatic nitrogens is 3. The van der Waals surface area contributed by atoms with Gasteiger partial charge in [-0.15, -0.1) is 0 Å². The lowest BCUT2D eigenvalue weighted by Crippen LogP contribution is -2.72. The molecule has 2 heterocycles. The smallest absolute Gasteiger partial charge is 0.418 e. The molecule has 2 aromatic rings. The van der Waals surface area contributed by atoms with Crippen molar-refractivity contribution >= 4 is 23.9 Å². The third kappa shape index (κ3) is 6.96. The standard InChI is InChI=1S/C13H17N5.BF4/c1-14-6-4-10(8-18(2)3)12-11-5-7-15-13(11)17-9-16-12;2-1(3,4)5/h4-9,14H,1-3H3,(H,15,16,17);/q;-1/p+1. The van der Waals surface area contributed by atoms with E-state index < -0.39 is 7.25 Å². The number of nitrogens with two attached hydrogens (primary N) is 1. The van der Waals surface area contributed by atoms with E-state index in [2.05, 4.69) is 27.2 Å². The van der Waals surface area contributed by atoms with Crippen LogP contribution in [-0.2, 0) is 0 Å². The van der Waals surface area contributed by atoms with Gasteiger partial charge in [-0.1, -0.05) is 0 Å². The van der Waals surface area contributed by atoms with Crippen molar-refractivity contribution in [2.45, 2.75) is 0 Å². The highest BCUT2D eigenvalue weighted by Gasteiger charge is 2.20. The first-order valence-electron chi connectivity index (χ1n) is 6.72. The first-order chi connectivity index (χ1) is 10.7. The summed E-state index contributed by atoms with van der Waals surface area (Å²) in [5, 5.41) is 3.03. The minimum absolute atomic E-state index is 0.860. The van der Waals surface area contributed by atoms with Crippen molar-refractivity contribution in [3.63, 3.8) is 0 Å². The van der Waals surface area contributed by atoms with Crippen molar-refractivity contribution in [2.75, 3.05) is 21.1 Å². The molecule has 0 spiro atoms. The number of aromatic amines is 1. The molecule has 0 aliphatic heterocycles. The highest BCUT2D eigenvalue weighted by Crippen LogP contribution is 2.21. The Labute approximate surface area is 131 Å². The molecular weight excluding hydrogens is 313 g/mol. The van der Waals surface area contributed by atoms with Crippen molar-refractivity contribution < 1.29 is 22.6 Å². The number of nitrogens with one attached hydrogen (secondary N) is 1. The lowest BCUT2D eigenvalue weighted by Gasteiger charge is -2.08. The van der Waals surface area contributed by atoms with E-state index in [4.69, 9.17) is 0 Å². The first kappa shape index (κ1) is 18.7. The number of quaternary nitrogens is 1. The topological polar surface area (TPSA) is 61.4 Å². The largest absolute Gasteiger partial charge is 0.673 e. The van der Waals surface area contributed by atoms with Crippen LogP contribution in [0.4, 0.5) is 17.3 Å². The fraction of sp³-hybridized carbons (Fsp3) is 0.231. The number of H-pyrrole nitrogens is 1. The lowest BCUT2D eigenvalue weighted by atomic mass is 10.1. The van der Waals surface area contributed by atoms with Crippen LogP contribution < -0.4 is 5.32 Å². The SMILES string of the molecule is C[NH2+]C=CC(=CN(C)C)c1ncnc2[nH]ccc12.F[B-](F)(F)F. The van der Waals surface area contributed by atoms with Crippen LogP contribution in [0, 0.1) is 0 Å². The highest BCUT2D eigenvalue weighted by molar-refractivity contribution is 6.50. The number of hydrogen-bond acceptors (Lipinski definition) is 3. The summed E-state index contributed by atoms with van der Waals surface area (Å²) in [5.74, 6) is 0. The van der Waals surface area contributed by atoms with Gasteiger partial charge in [0.2, 0.25) is 0 Å². The second-order valence-corrected chi connectivity index (χ2v) is 4.70. The van der Waals surface area contributed by atoms with Gasteiger partial charge in [-0.3, -0.25) is 0 Å². The Morgan fingerprint density at radius 3 is 2.48 bits per heavy atom. The normalized spacial score (nSPS) is 12.4. The summed E-state index contributed by atoms with van der Waals surface area (Å²) >= 11 is 0. The van der Waals surface area contributed by atoms with Crippen molar-refractivity contribution in [2.24, 2.45) is 0 Å². The van der Waals surface area contributed by atoms with Crippen LogP contribution in [0.5, 0.6) is 0 Å². The molecule has 0 aromatic carbocycles. The van der Waals surface area contributed by atoms with Crippen LogP contribution in [0.1, 0.15) is 5.69 Å². The van der Waals surface area contributed by atoms with E-state index in [9.17, 15) is 17.3 Å². The molecule has 126 valence electrons. The molecule has 0 saturated carbocycles. The Morgan fingerprint density at radius 1 is 1.26 bits per heavy atom. The van der Waals surface area contributed by atoms with E-state index in [1.165, 1.54) is 0 Å². The van der Waals surface area contributed by atoms with Crippen LogP contribution in [0.25, 0.3) is 16.6 Å². The van der Waals surface area contributed by atoms with Crippen LogP contribution in [0.2, 0.25) is 0 Å². The molecule has 0 aliphatic carbocycles. The predicted octanol–water partition coefficient (Wildman–Crippen LogP) is 1.87. The molecule has 10 heteroatoms. The molecule has 0 atom stereocenters. The van der Waals surface area contributed by atoms with Crippen molar-refractivity contribution in [1.82, 2.24) is 19.9 Å². The highest BCUT2D eigenvalue weighted by atomic mass is 19.5. The van der Waals surface area contributed by atoms with Crippen LogP contribution in [0.3, 0.4) is 0 Å². The van der Waals surface area contributed by atoms with Gasteiger partial charge in [0.1, 0.15) is 12.0 Å².